The lowest BCUT2D eigenvalue weighted by atomic mass is 9.61. The van der Waals surface area contributed by atoms with Gasteiger partial charge in [-0.3, -0.25) is 10.1 Å². The highest BCUT2D eigenvalue weighted by Crippen LogP contribution is 2.48. The SMILES string of the molecule is C=C[C@]1(C)CC[C@@H](C(=C)COC(=O)c2ccc([N+](=O)[O-])cc2)C[C@H]1C(=C)C. The van der Waals surface area contributed by atoms with Gasteiger partial charge in [0.15, 0.2) is 0 Å². The highest BCUT2D eigenvalue weighted by molar-refractivity contribution is 5.89. The number of nitro benzene ring substituents is 1. The van der Waals surface area contributed by atoms with Gasteiger partial charge in [-0.15, -0.1) is 6.58 Å². The van der Waals surface area contributed by atoms with Crippen LogP contribution in [-0.2, 0) is 4.74 Å². The van der Waals surface area contributed by atoms with E-state index in [9.17, 15) is 14.9 Å². The number of hydrogen-bond donors (Lipinski definition) is 0. The van der Waals surface area contributed by atoms with Crippen molar-refractivity contribution in [2.24, 2.45) is 17.3 Å². The van der Waals surface area contributed by atoms with E-state index in [1.54, 1.807) is 0 Å². The third-order valence-electron chi connectivity index (χ3n) is 5.69. The number of allylic oxidation sites excluding steroid dienone is 2. The van der Waals surface area contributed by atoms with Gasteiger partial charge in [-0.2, -0.15) is 0 Å². The van der Waals surface area contributed by atoms with E-state index in [1.165, 1.54) is 24.3 Å². The van der Waals surface area contributed by atoms with Crippen LogP contribution >= 0.6 is 0 Å². The Morgan fingerprint density at radius 1 is 1.37 bits per heavy atom. The van der Waals surface area contributed by atoms with Crippen molar-refractivity contribution < 1.29 is 14.5 Å². The van der Waals surface area contributed by atoms with Crippen LogP contribution in [0.15, 0.2) is 61.2 Å². The smallest absolute Gasteiger partial charge is 0.338 e. The minimum absolute atomic E-state index is 0.0397. The molecule has 0 N–H and O–H groups in total. The molecular weight excluding hydrogens is 342 g/mol. The van der Waals surface area contributed by atoms with E-state index >= 15 is 0 Å². The van der Waals surface area contributed by atoms with Crippen molar-refractivity contribution in [1.29, 1.82) is 0 Å². The minimum Gasteiger partial charge on any atom is -0.458 e. The van der Waals surface area contributed by atoms with E-state index in [-0.39, 0.29) is 29.2 Å². The lowest BCUT2D eigenvalue weighted by Crippen LogP contribution is -2.34. The Morgan fingerprint density at radius 3 is 2.52 bits per heavy atom. The molecule has 1 aromatic rings. The first-order valence-corrected chi connectivity index (χ1v) is 9.06. The van der Waals surface area contributed by atoms with Crippen LogP contribution in [0.25, 0.3) is 0 Å². The number of esters is 1. The van der Waals surface area contributed by atoms with Gasteiger partial charge in [-0.05, 0) is 61.1 Å². The molecule has 0 bridgehead atoms. The summed E-state index contributed by atoms with van der Waals surface area (Å²) >= 11 is 0. The molecule has 3 atom stereocenters. The monoisotopic (exact) mass is 369 g/mol. The molecule has 144 valence electrons. The molecule has 0 saturated heterocycles. The van der Waals surface area contributed by atoms with Crippen LogP contribution < -0.4 is 0 Å². The van der Waals surface area contributed by atoms with Crippen molar-refractivity contribution in [3.63, 3.8) is 0 Å². The Hall–Kier alpha value is -2.69. The molecule has 0 radical (unpaired) electrons. The first-order chi connectivity index (χ1) is 12.7. The van der Waals surface area contributed by atoms with Crippen LogP contribution in [0.1, 0.15) is 43.5 Å². The molecule has 0 heterocycles. The Bertz CT molecular complexity index is 765. The Labute approximate surface area is 160 Å². The molecule has 0 spiro atoms. The van der Waals surface area contributed by atoms with E-state index in [1.807, 2.05) is 13.0 Å². The van der Waals surface area contributed by atoms with Gasteiger partial charge in [0.2, 0.25) is 0 Å². The van der Waals surface area contributed by atoms with Gasteiger partial charge in [-0.25, -0.2) is 4.79 Å². The van der Waals surface area contributed by atoms with Crippen molar-refractivity contribution in [3.05, 3.63) is 76.9 Å². The molecule has 1 saturated carbocycles. The molecule has 5 nitrogen and oxygen atoms in total. The van der Waals surface area contributed by atoms with Crippen molar-refractivity contribution in [2.45, 2.75) is 33.1 Å². The lowest BCUT2D eigenvalue weighted by Gasteiger charge is -2.43. The zero-order valence-electron chi connectivity index (χ0n) is 16.1. The fourth-order valence-corrected chi connectivity index (χ4v) is 3.79. The second-order valence-electron chi connectivity index (χ2n) is 7.62. The number of nitrogens with zero attached hydrogens (tertiary/aromatic N) is 1. The number of carbonyl (C=O) groups is 1. The summed E-state index contributed by atoms with van der Waals surface area (Å²) in [6.07, 6.45) is 4.92. The molecule has 0 amide bonds. The summed E-state index contributed by atoms with van der Waals surface area (Å²) < 4.78 is 5.37. The molecule has 1 aliphatic rings. The summed E-state index contributed by atoms with van der Waals surface area (Å²) in [5.41, 5.74) is 2.30. The number of hydrogen-bond acceptors (Lipinski definition) is 4. The molecule has 1 fully saturated rings. The highest BCUT2D eigenvalue weighted by atomic mass is 16.6. The van der Waals surface area contributed by atoms with Gasteiger partial charge in [0, 0.05) is 12.1 Å². The van der Waals surface area contributed by atoms with Gasteiger partial charge in [0.25, 0.3) is 5.69 Å². The average molecular weight is 369 g/mol. The molecule has 2 rings (SSSR count). The predicted molar refractivity (Wildman–Crippen MR) is 106 cm³/mol. The standard InChI is InChI=1S/C22H27NO4/c1-6-22(5)12-11-18(13-20(22)15(2)3)16(4)14-27-21(24)17-7-9-19(10-8-17)23(25)26/h6-10,18,20H,1-2,4,11-14H2,3,5H3/t18-,20+,22-/m1/s1. The summed E-state index contributed by atoms with van der Waals surface area (Å²) in [6, 6.07) is 5.38. The summed E-state index contributed by atoms with van der Waals surface area (Å²) in [7, 11) is 0. The normalized spacial score (nSPS) is 24.7. The van der Waals surface area contributed by atoms with E-state index < -0.39 is 10.9 Å². The van der Waals surface area contributed by atoms with Crippen LogP contribution in [-0.4, -0.2) is 17.5 Å². The van der Waals surface area contributed by atoms with Gasteiger partial charge in [-0.1, -0.05) is 31.7 Å². The van der Waals surface area contributed by atoms with E-state index in [4.69, 9.17) is 4.74 Å². The highest BCUT2D eigenvalue weighted by Gasteiger charge is 2.38. The van der Waals surface area contributed by atoms with E-state index in [0.29, 0.717) is 5.92 Å². The fourth-order valence-electron chi connectivity index (χ4n) is 3.79. The van der Waals surface area contributed by atoms with Gasteiger partial charge in [0.1, 0.15) is 6.61 Å². The van der Waals surface area contributed by atoms with Gasteiger partial charge < -0.3 is 4.74 Å². The zero-order valence-corrected chi connectivity index (χ0v) is 16.1. The van der Waals surface area contributed by atoms with Crippen molar-refractivity contribution in [1.82, 2.24) is 0 Å². The maximum absolute atomic E-state index is 12.2. The fraction of sp³-hybridized carbons (Fsp3) is 0.409. The molecule has 5 heteroatoms. The second-order valence-corrected chi connectivity index (χ2v) is 7.62. The third-order valence-corrected chi connectivity index (χ3v) is 5.69. The second kappa shape index (κ2) is 8.33. The Kier molecular flexibility index (Phi) is 6.37. The summed E-state index contributed by atoms with van der Waals surface area (Å²) in [4.78, 5) is 22.3. The average Bonchev–Trinajstić information content (AvgIpc) is 2.65. The topological polar surface area (TPSA) is 69.4 Å². The molecule has 1 aliphatic carbocycles. The summed E-state index contributed by atoms with van der Waals surface area (Å²) in [5.74, 6) is 0.0921. The largest absolute Gasteiger partial charge is 0.458 e. The predicted octanol–water partition coefficient (Wildman–Crippen LogP) is 5.49. The van der Waals surface area contributed by atoms with E-state index in [2.05, 4.69) is 26.7 Å². The maximum Gasteiger partial charge on any atom is 0.338 e. The number of rotatable bonds is 7. The van der Waals surface area contributed by atoms with Gasteiger partial charge in [0.05, 0.1) is 10.5 Å². The maximum atomic E-state index is 12.2. The van der Waals surface area contributed by atoms with Crippen molar-refractivity contribution in [3.8, 4) is 0 Å². The minimum atomic E-state index is -0.505. The molecule has 0 aliphatic heterocycles. The number of benzene rings is 1. The van der Waals surface area contributed by atoms with Crippen LogP contribution in [0.2, 0.25) is 0 Å². The number of non-ortho nitro benzene ring substituents is 1. The Balaban J connectivity index is 1.95. The van der Waals surface area contributed by atoms with E-state index in [0.717, 1.165) is 30.4 Å². The van der Waals surface area contributed by atoms with Crippen LogP contribution in [0.5, 0.6) is 0 Å². The lowest BCUT2D eigenvalue weighted by molar-refractivity contribution is -0.384. The summed E-state index contributed by atoms with van der Waals surface area (Å²) in [5, 5.41) is 10.7. The van der Waals surface area contributed by atoms with Crippen LogP contribution in [0.3, 0.4) is 0 Å². The van der Waals surface area contributed by atoms with Gasteiger partial charge >= 0.3 is 5.97 Å². The first-order valence-electron chi connectivity index (χ1n) is 9.06. The van der Waals surface area contributed by atoms with Crippen molar-refractivity contribution in [2.75, 3.05) is 6.61 Å². The van der Waals surface area contributed by atoms with Crippen LogP contribution in [0.4, 0.5) is 5.69 Å². The summed E-state index contributed by atoms with van der Waals surface area (Å²) in [6.45, 7) is 16.7. The Morgan fingerprint density at radius 2 is 2.00 bits per heavy atom. The first kappa shape index (κ1) is 20.6. The van der Waals surface area contributed by atoms with Crippen molar-refractivity contribution >= 4 is 11.7 Å². The molecule has 1 aromatic carbocycles. The number of ether oxygens (including phenoxy) is 1. The molecule has 0 unspecified atom stereocenters. The zero-order chi connectivity index (χ0) is 20.2. The quantitative estimate of drug-likeness (QED) is 0.276. The molecular formula is C22H27NO4. The number of nitro groups is 1. The molecule has 27 heavy (non-hydrogen) atoms. The van der Waals surface area contributed by atoms with Crippen LogP contribution in [0, 0.1) is 27.4 Å². The molecule has 0 aromatic heterocycles. The number of carbonyl (C=O) groups excluding carboxylic acids is 1. The third kappa shape index (κ3) is 4.73.